The van der Waals surface area contributed by atoms with E-state index in [1.807, 2.05) is 12.3 Å². The number of hydrogen-bond donors (Lipinski definition) is 5. The maximum absolute atomic E-state index is 15.9. The molecule has 200 valence electrons. The lowest BCUT2D eigenvalue weighted by molar-refractivity contribution is -0.000488. The summed E-state index contributed by atoms with van der Waals surface area (Å²) in [5, 5.41) is 19.5. The minimum Gasteiger partial charge on any atom is -0.508 e. The van der Waals surface area contributed by atoms with Crippen LogP contribution in [0.1, 0.15) is 80.6 Å². The van der Waals surface area contributed by atoms with Crippen LogP contribution in [0.5, 0.6) is 5.75 Å². The zero-order valence-electron chi connectivity index (χ0n) is 21.8. The lowest BCUT2D eigenvalue weighted by Crippen LogP contribution is -2.46. The molecular weight excluding hydrogens is 469 g/mol. The molecule has 3 heterocycles. The molecule has 5 N–H and O–H groups in total. The van der Waals surface area contributed by atoms with Crippen LogP contribution in [-0.4, -0.2) is 62.5 Å². The Balaban J connectivity index is 1.11. The molecule has 8 heteroatoms. The SMILES string of the molecule is CCc1cc(O)ccc1C1CCC2C(c3ncc(C4=CCN(C(C)C5CC(O)C5)CC4)[nH]3)NNC2C1F. The second-order valence-corrected chi connectivity index (χ2v) is 11.6. The van der Waals surface area contributed by atoms with Gasteiger partial charge >= 0.3 is 0 Å². The Morgan fingerprint density at radius 2 is 2.05 bits per heavy atom. The van der Waals surface area contributed by atoms with Gasteiger partial charge < -0.3 is 15.2 Å². The van der Waals surface area contributed by atoms with Gasteiger partial charge in [-0.1, -0.05) is 19.1 Å². The van der Waals surface area contributed by atoms with Gasteiger partial charge in [0.25, 0.3) is 0 Å². The molecule has 3 fully saturated rings. The fourth-order valence-corrected chi connectivity index (χ4v) is 7.19. The van der Waals surface area contributed by atoms with Gasteiger partial charge in [-0.25, -0.2) is 14.8 Å². The summed E-state index contributed by atoms with van der Waals surface area (Å²) in [6.45, 7) is 6.28. The Labute approximate surface area is 218 Å². The van der Waals surface area contributed by atoms with Crippen molar-refractivity contribution >= 4 is 5.57 Å². The zero-order valence-corrected chi connectivity index (χ0v) is 21.8. The number of benzene rings is 1. The highest BCUT2D eigenvalue weighted by molar-refractivity contribution is 5.63. The quantitative estimate of drug-likeness (QED) is 0.404. The van der Waals surface area contributed by atoms with Gasteiger partial charge in [0.1, 0.15) is 17.7 Å². The molecule has 37 heavy (non-hydrogen) atoms. The number of phenolic OH excluding ortho intramolecular Hbond substituents is 1. The summed E-state index contributed by atoms with van der Waals surface area (Å²) < 4.78 is 15.9. The number of aliphatic hydroxyl groups excluding tert-OH is 1. The summed E-state index contributed by atoms with van der Waals surface area (Å²) in [7, 11) is 0. The minimum absolute atomic E-state index is 0.0471. The standard InChI is InChI=1S/C29H40FN5O2/c1-3-17-12-20(36)4-5-22(17)23-6-7-24-27(26(23)30)33-34-28(24)29-31-15-25(32-29)18-8-10-35(11-9-18)16(2)19-13-21(37)14-19/h4-5,8,12,15-16,19,21,23-24,26-28,33-34,36-37H,3,6-7,9-11,13-14H2,1-2H3,(H,31,32). The highest BCUT2D eigenvalue weighted by Gasteiger charge is 2.48. The van der Waals surface area contributed by atoms with E-state index in [2.05, 4.69) is 40.7 Å². The minimum atomic E-state index is -1.01. The van der Waals surface area contributed by atoms with Crippen molar-refractivity contribution in [3.05, 3.63) is 53.1 Å². The van der Waals surface area contributed by atoms with Crippen molar-refractivity contribution < 1.29 is 14.6 Å². The first-order valence-corrected chi connectivity index (χ1v) is 14.1. The number of aryl methyl sites for hydroxylation is 1. The zero-order chi connectivity index (χ0) is 25.7. The number of aromatic amines is 1. The van der Waals surface area contributed by atoms with Gasteiger partial charge in [0.05, 0.1) is 30.1 Å². The molecule has 0 radical (unpaired) electrons. The third-order valence-corrected chi connectivity index (χ3v) is 9.62. The number of nitrogens with one attached hydrogen (secondary N) is 3. The van der Waals surface area contributed by atoms with Gasteiger partial charge in [0.2, 0.25) is 0 Å². The largest absolute Gasteiger partial charge is 0.508 e. The van der Waals surface area contributed by atoms with E-state index in [-0.39, 0.29) is 35.8 Å². The summed E-state index contributed by atoms with van der Waals surface area (Å²) in [5.41, 5.74) is 11.0. The molecule has 1 aromatic heterocycles. The lowest BCUT2D eigenvalue weighted by Gasteiger charge is -2.42. The van der Waals surface area contributed by atoms with Crippen LogP contribution < -0.4 is 10.9 Å². The van der Waals surface area contributed by atoms with Crippen LogP contribution in [0.25, 0.3) is 5.57 Å². The molecule has 0 amide bonds. The number of H-pyrrole nitrogens is 1. The lowest BCUT2D eigenvalue weighted by atomic mass is 9.71. The van der Waals surface area contributed by atoms with E-state index >= 15 is 4.39 Å². The molecule has 0 spiro atoms. The maximum Gasteiger partial charge on any atom is 0.125 e. The van der Waals surface area contributed by atoms with E-state index in [1.165, 1.54) is 5.57 Å². The average Bonchev–Trinajstić information content (AvgIpc) is 3.55. The second-order valence-electron chi connectivity index (χ2n) is 11.6. The molecule has 6 unspecified atom stereocenters. The molecule has 7 nitrogen and oxygen atoms in total. The number of alkyl halides is 1. The Morgan fingerprint density at radius 1 is 1.22 bits per heavy atom. The number of phenols is 1. The van der Waals surface area contributed by atoms with E-state index in [0.29, 0.717) is 12.0 Å². The maximum atomic E-state index is 15.9. The van der Waals surface area contributed by atoms with E-state index < -0.39 is 6.17 Å². The number of halogens is 1. The molecule has 6 atom stereocenters. The van der Waals surface area contributed by atoms with Gasteiger partial charge in [0, 0.05) is 31.0 Å². The number of aromatic hydroxyl groups is 1. The van der Waals surface area contributed by atoms with E-state index in [9.17, 15) is 10.2 Å². The Hall–Kier alpha value is -2.26. The highest BCUT2D eigenvalue weighted by Crippen LogP contribution is 2.45. The molecule has 1 aromatic carbocycles. The Bertz CT molecular complexity index is 1150. The van der Waals surface area contributed by atoms with E-state index in [4.69, 9.17) is 4.98 Å². The molecule has 0 bridgehead atoms. The molecule has 6 rings (SSSR count). The van der Waals surface area contributed by atoms with Crippen molar-refractivity contribution in [2.75, 3.05) is 13.1 Å². The Kier molecular flexibility index (Phi) is 6.86. The number of imidazole rings is 1. The summed E-state index contributed by atoms with van der Waals surface area (Å²) in [6.07, 6.45) is 8.43. The average molecular weight is 510 g/mol. The molecular formula is C29H40FN5O2. The molecule has 2 aromatic rings. The number of fused-ring (bicyclic) bond motifs is 1. The summed E-state index contributed by atoms with van der Waals surface area (Å²) in [4.78, 5) is 10.8. The van der Waals surface area contributed by atoms with Gasteiger partial charge in [0.15, 0.2) is 0 Å². The normalized spacial score (nSPS) is 35.0. The van der Waals surface area contributed by atoms with Gasteiger partial charge in [-0.2, -0.15) is 0 Å². The number of aliphatic hydroxyl groups is 1. The van der Waals surface area contributed by atoms with Crippen molar-refractivity contribution in [3.8, 4) is 5.75 Å². The van der Waals surface area contributed by atoms with Crippen LogP contribution in [0.3, 0.4) is 0 Å². The molecule has 2 aliphatic carbocycles. The van der Waals surface area contributed by atoms with E-state index in [1.54, 1.807) is 12.1 Å². The van der Waals surface area contributed by atoms with Crippen molar-refractivity contribution in [3.63, 3.8) is 0 Å². The number of aromatic nitrogens is 2. The highest BCUT2D eigenvalue weighted by atomic mass is 19.1. The third kappa shape index (κ3) is 4.62. The van der Waals surface area contributed by atoms with Crippen LogP contribution in [0.4, 0.5) is 4.39 Å². The third-order valence-electron chi connectivity index (χ3n) is 9.62. The first-order valence-electron chi connectivity index (χ1n) is 14.1. The van der Waals surface area contributed by atoms with Crippen LogP contribution in [-0.2, 0) is 6.42 Å². The number of hydrogen-bond acceptors (Lipinski definition) is 6. The van der Waals surface area contributed by atoms with Crippen molar-refractivity contribution in [2.24, 2.45) is 11.8 Å². The Morgan fingerprint density at radius 3 is 2.78 bits per heavy atom. The smallest absolute Gasteiger partial charge is 0.125 e. The predicted molar refractivity (Wildman–Crippen MR) is 142 cm³/mol. The molecule has 2 aliphatic heterocycles. The van der Waals surface area contributed by atoms with Gasteiger partial charge in [-0.05, 0) is 80.2 Å². The van der Waals surface area contributed by atoms with Crippen LogP contribution in [0.2, 0.25) is 0 Å². The van der Waals surface area contributed by atoms with Gasteiger partial charge in [-0.15, -0.1) is 0 Å². The second kappa shape index (κ2) is 10.1. The van der Waals surface area contributed by atoms with Crippen molar-refractivity contribution in [1.29, 1.82) is 0 Å². The topological polar surface area (TPSA) is 96.4 Å². The van der Waals surface area contributed by atoms with Gasteiger partial charge in [-0.3, -0.25) is 10.3 Å². The predicted octanol–water partition coefficient (Wildman–Crippen LogP) is 3.98. The number of nitrogens with zero attached hydrogens (tertiary/aromatic N) is 2. The van der Waals surface area contributed by atoms with E-state index in [0.717, 1.165) is 74.3 Å². The number of hydrazine groups is 1. The summed E-state index contributed by atoms with van der Waals surface area (Å²) in [6, 6.07) is 5.54. The summed E-state index contributed by atoms with van der Waals surface area (Å²) in [5.74, 6) is 1.68. The number of rotatable bonds is 6. The monoisotopic (exact) mass is 509 g/mol. The van der Waals surface area contributed by atoms with Crippen LogP contribution >= 0.6 is 0 Å². The fraction of sp³-hybridized carbons (Fsp3) is 0.621. The first kappa shape index (κ1) is 25.0. The summed E-state index contributed by atoms with van der Waals surface area (Å²) >= 11 is 0. The molecule has 2 saturated carbocycles. The van der Waals surface area contributed by atoms with Crippen LogP contribution in [0.15, 0.2) is 30.5 Å². The van der Waals surface area contributed by atoms with Crippen LogP contribution in [0, 0.1) is 11.8 Å². The van der Waals surface area contributed by atoms with Crippen molar-refractivity contribution in [1.82, 2.24) is 25.7 Å². The fourth-order valence-electron chi connectivity index (χ4n) is 7.19. The molecule has 1 saturated heterocycles. The first-order chi connectivity index (χ1) is 17.9. The molecule has 4 aliphatic rings. The van der Waals surface area contributed by atoms with Crippen molar-refractivity contribution in [2.45, 2.75) is 88.7 Å².